The van der Waals surface area contributed by atoms with Gasteiger partial charge in [0.15, 0.2) is 0 Å². The molecule has 1 unspecified atom stereocenters. The maximum absolute atomic E-state index is 11.6. The van der Waals surface area contributed by atoms with Gasteiger partial charge in [-0.25, -0.2) is 0 Å². The standard InChI is InChI=1S/C10H13Cl2NOS/c11-9-3-2-8(10(12)6-9)7-15(14)5-1-4-13/h2-3,6H,1,4-5,7,13H2. The van der Waals surface area contributed by atoms with E-state index in [1.54, 1.807) is 12.1 Å². The molecule has 15 heavy (non-hydrogen) atoms. The van der Waals surface area contributed by atoms with E-state index in [4.69, 9.17) is 28.9 Å². The zero-order valence-corrected chi connectivity index (χ0v) is 10.5. The molecule has 2 N–H and O–H groups in total. The fraction of sp³-hybridized carbons (Fsp3) is 0.400. The van der Waals surface area contributed by atoms with E-state index < -0.39 is 10.8 Å². The van der Waals surface area contributed by atoms with Crippen molar-refractivity contribution >= 4 is 34.0 Å². The van der Waals surface area contributed by atoms with Crippen molar-refractivity contribution in [1.82, 2.24) is 0 Å². The topological polar surface area (TPSA) is 43.1 Å². The van der Waals surface area contributed by atoms with E-state index in [0.717, 1.165) is 12.0 Å². The summed E-state index contributed by atoms with van der Waals surface area (Å²) in [4.78, 5) is 0. The molecule has 0 spiro atoms. The molecule has 0 fully saturated rings. The fourth-order valence-corrected chi connectivity index (χ4v) is 2.91. The Hall–Kier alpha value is -0.0900. The van der Waals surface area contributed by atoms with Gasteiger partial charge in [0, 0.05) is 32.4 Å². The maximum atomic E-state index is 11.6. The Morgan fingerprint density at radius 3 is 2.67 bits per heavy atom. The molecule has 0 amide bonds. The molecule has 1 aromatic rings. The Balaban J connectivity index is 2.60. The molecular weight excluding hydrogens is 253 g/mol. The van der Waals surface area contributed by atoms with Gasteiger partial charge in [-0.1, -0.05) is 29.3 Å². The van der Waals surface area contributed by atoms with Crippen molar-refractivity contribution in [3.63, 3.8) is 0 Å². The minimum absolute atomic E-state index is 0.468. The van der Waals surface area contributed by atoms with Gasteiger partial charge >= 0.3 is 0 Å². The number of rotatable bonds is 5. The molecule has 0 saturated carbocycles. The minimum Gasteiger partial charge on any atom is -0.330 e. The van der Waals surface area contributed by atoms with Crippen molar-refractivity contribution in [1.29, 1.82) is 0 Å². The Morgan fingerprint density at radius 2 is 2.07 bits per heavy atom. The van der Waals surface area contributed by atoms with Crippen LogP contribution in [-0.4, -0.2) is 16.5 Å². The van der Waals surface area contributed by atoms with Crippen LogP contribution in [0.2, 0.25) is 10.0 Å². The average molecular weight is 266 g/mol. The zero-order chi connectivity index (χ0) is 11.3. The molecule has 0 bridgehead atoms. The van der Waals surface area contributed by atoms with Crippen LogP contribution >= 0.6 is 23.2 Å². The Kier molecular flexibility index (Phi) is 5.61. The highest BCUT2D eigenvalue weighted by atomic mass is 35.5. The number of hydrogen-bond donors (Lipinski definition) is 1. The predicted octanol–water partition coefficient (Wildman–Crippen LogP) is 2.59. The fourth-order valence-electron chi connectivity index (χ4n) is 1.13. The first-order valence-corrected chi connectivity index (χ1v) is 6.87. The molecule has 1 rings (SSSR count). The van der Waals surface area contributed by atoms with E-state index in [0.29, 0.717) is 28.1 Å². The van der Waals surface area contributed by atoms with Crippen LogP contribution in [0.3, 0.4) is 0 Å². The van der Waals surface area contributed by atoms with Crippen LogP contribution in [0.1, 0.15) is 12.0 Å². The molecule has 0 aromatic heterocycles. The van der Waals surface area contributed by atoms with Gasteiger partial charge in [0.25, 0.3) is 0 Å². The second-order valence-corrected chi connectivity index (χ2v) is 5.59. The van der Waals surface area contributed by atoms with Gasteiger partial charge in [-0.3, -0.25) is 4.21 Å². The largest absolute Gasteiger partial charge is 0.330 e. The first kappa shape index (κ1) is 13.0. The van der Waals surface area contributed by atoms with Gasteiger partial charge in [-0.2, -0.15) is 0 Å². The highest BCUT2D eigenvalue weighted by molar-refractivity contribution is 7.84. The quantitative estimate of drug-likeness (QED) is 0.890. The molecule has 0 aliphatic carbocycles. The molecule has 0 aliphatic heterocycles. The lowest BCUT2D eigenvalue weighted by Crippen LogP contribution is -2.07. The molecule has 84 valence electrons. The molecule has 0 radical (unpaired) electrons. The highest BCUT2D eigenvalue weighted by Gasteiger charge is 2.05. The summed E-state index contributed by atoms with van der Waals surface area (Å²) >= 11 is 11.7. The summed E-state index contributed by atoms with van der Waals surface area (Å²) in [7, 11) is -0.895. The van der Waals surface area contributed by atoms with Crippen LogP contribution in [0, 0.1) is 0 Å². The van der Waals surface area contributed by atoms with Crippen LogP contribution in [0.4, 0.5) is 0 Å². The monoisotopic (exact) mass is 265 g/mol. The van der Waals surface area contributed by atoms with E-state index in [1.165, 1.54) is 0 Å². The SMILES string of the molecule is NCCCS(=O)Cc1ccc(Cl)cc1Cl. The Labute approximate surface area is 102 Å². The number of halogens is 2. The molecule has 2 nitrogen and oxygen atoms in total. The van der Waals surface area contributed by atoms with Crippen molar-refractivity contribution < 1.29 is 4.21 Å². The van der Waals surface area contributed by atoms with Crippen LogP contribution in [0.25, 0.3) is 0 Å². The maximum Gasteiger partial charge on any atom is 0.0500 e. The third-order valence-corrected chi connectivity index (χ3v) is 3.87. The summed E-state index contributed by atoms with van der Waals surface area (Å²) in [5, 5.41) is 1.17. The lowest BCUT2D eigenvalue weighted by Gasteiger charge is -2.04. The zero-order valence-electron chi connectivity index (χ0n) is 8.21. The number of hydrogen-bond acceptors (Lipinski definition) is 2. The lowest BCUT2D eigenvalue weighted by molar-refractivity contribution is 0.680. The van der Waals surface area contributed by atoms with Gasteiger partial charge in [-0.15, -0.1) is 0 Å². The first-order valence-electron chi connectivity index (χ1n) is 4.62. The normalized spacial score (nSPS) is 12.7. The van der Waals surface area contributed by atoms with Crippen LogP contribution in [-0.2, 0) is 16.6 Å². The smallest absolute Gasteiger partial charge is 0.0500 e. The second kappa shape index (κ2) is 6.48. The van der Waals surface area contributed by atoms with Gasteiger partial charge in [0.2, 0.25) is 0 Å². The summed E-state index contributed by atoms with van der Waals surface area (Å²) < 4.78 is 11.6. The number of nitrogens with two attached hydrogens (primary N) is 1. The summed E-state index contributed by atoms with van der Waals surface area (Å²) in [6.07, 6.45) is 0.776. The molecule has 1 atom stereocenters. The summed E-state index contributed by atoms with van der Waals surface area (Å²) in [5.74, 6) is 1.09. The third-order valence-electron chi connectivity index (χ3n) is 1.91. The van der Waals surface area contributed by atoms with Gasteiger partial charge < -0.3 is 5.73 Å². The van der Waals surface area contributed by atoms with Crippen molar-refractivity contribution in [3.05, 3.63) is 33.8 Å². The van der Waals surface area contributed by atoms with Crippen molar-refractivity contribution in [2.24, 2.45) is 5.73 Å². The average Bonchev–Trinajstić information content (AvgIpc) is 2.19. The van der Waals surface area contributed by atoms with Crippen molar-refractivity contribution in [2.45, 2.75) is 12.2 Å². The van der Waals surface area contributed by atoms with Gasteiger partial charge in [0.1, 0.15) is 0 Å². The summed E-state index contributed by atoms with van der Waals surface area (Å²) in [6, 6.07) is 5.23. The minimum atomic E-state index is -0.895. The van der Waals surface area contributed by atoms with E-state index >= 15 is 0 Å². The summed E-state index contributed by atoms with van der Waals surface area (Å²) in [6.45, 7) is 0.570. The van der Waals surface area contributed by atoms with Crippen molar-refractivity contribution in [2.75, 3.05) is 12.3 Å². The molecule has 1 aromatic carbocycles. The number of benzene rings is 1. The molecule has 0 saturated heterocycles. The Morgan fingerprint density at radius 1 is 1.33 bits per heavy atom. The Bertz CT molecular complexity index is 357. The highest BCUT2D eigenvalue weighted by Crippen LogP contribution is 2.22. The van der Waals surface area contributed by atoms with Gasteiger partial charge in [-0.05, 0) is 30.7 Å². The van der Waals surface area contributed by atoms with E-state index in [9.17, 15) is 4.21 Å². The van der Waals surface area contributed by atoms with E-state index in [1.807, 2.05) is 6.07 Å². The van der Waals surface area contributed by atoms with Crippen LogP contribution < -0.4 is 5.73 Å². The second-order valence-electron chi connectivity index (χ2n) is 3.17. The predicted molar refractivity (Wildman–Crippen MR) is 66.8 cm³/mol. The van der Waals surface area contributed by atoms with Crippen LogP contribution in [0.5, 0.6) is 0 Å². The lowest BCUT2D eigenvalue weighted by atomic mass is 10.2. The molecule has 0 aliphatic rings. The molecular formula is C10H13Cl2NOS. The first-order chi connectivity index (χ1) is 7.13. The van der Waals surface area contributed by atoms with Gasteiger partial charge in [0.05, 0.1) is 0 Å². The van der Waals surface area contributed by atoms with E-state index in [2.05, 4.69) is 0 Å². The summed E-state index contributed by atoms with van der Waals surface area (Å²) in [5.41, 5.74) is 6.21. The third kappa shape index (κ3) is 4.51. The van der Waals surface area contributed by atoms with Crippen molar-refractivity contribution in [3.8, 4) is 0 Å². The van der Waals surface area contributed by atoms with E-state index in [-0.39, 0.29) is 0 Å². The van der Waals surface area contributed by atoms with Crippen LogP contribution in [0.15, 0.2) is 18.2 Å². The molecule has 5 heteroatoms. The molecule has 0 heterocycles.